The fraction of sp³-hybridized carbons (Fsp3) is 0.933. The second-order valence-corrected chi connectivity index (χ2v) is 6.45. The van der Waals surface area contributed by atoms with Gasteiger partial charge in [0, 0.05) is 4.91 Å². The van der Waals surface area contributed by atoms with Crippen LogP contribution >= 0.6 is 0 Å². The quantitative estimate of drug-likeness (QED) is 0.224. The summed E-state index contributed by atoms with van der Waals surface area (Å²) in [5.74, 6) is -0.864. The molecule has 2 saturated heterocycles. The molecule has 5 unspecified atom stereocenters. The summed E-state index contributed by atoms with van der Waals surface area (Å²) in [5.41, 5.74) is 8.51. The molecule has 2 aliphatic heterocycles. The molecule has 0 bridgehead atoms. The Hall–Kier alpha value is -1.34. The molecule has 0 N–H and O–H groups in total. The highest BCUT2D eigenvalue weighted by molar-refractivity contribution is 5.69. The van der Waals surface area contributed by atoms with Crippen molar-refractivity contribution in [1.82, 2.24) is 0 Å². The summed E-state index contributed by atoms with van der Waals surface area (Å²) >= 11 is 0. The number of azide groups is 1. The van der Waals surface area contributed by atoms with Crippen LogP contribution in [0.15, 0.2) is 5.11 Å². The van der Waals surface area contributed by atoms with Crippen molar-refractivity contribution < 1.29 is 23.7 Å². The van der Waals surface area contributed by atoms with Crippen LogP contribution in [-0.4, -0.2) is 49.8 Å². The predicted octanol–water partition coefficient (Wildman–Crippen LogP) is 2.56. The number of esters is 1. The SMILES string of the molecule is CCCC(CC(=O)OC)C1OC1C1OC(C)(C)OC1CN=[N+]=[N-]. The minimum absolute atomic E-state index is 0.0508. The summed E-state index contributed by atoms with van der Waals surface area (Å²) < 4.78 is 22.3. The van der Waals surface area contributed by atoms with Crippen molar-refractivity contribution in [3.63, 3.8) is 0 Å². The Morgan fingerprint density at radius 2 is 2.13 bits per heavy atom. The van der Waals surface area contributed by atoms with Crippen molar-refractivity contribution in [2.24, 2.45) is 11.0 Å². The van der Waals surface area contributed by atoms with E-state index in [9.17, 15) is 4.79 Å². The maximum Gasteiger partial charge on any atom is 0.305 e. The minimum Gasteiger partial charge on any atom is -0.469 e. The molecule has 2 heterocycles. The Kier molecular flexibility index (Phi) is 5.86. The van der Waals surface area contributed by atoms with Crippen LogP contribution in [0, 0.1) is 5.92 Å². The van der Waals surface area contributed by atoms with Crippen LogP contribution in [0.4, 0.5) is 0 Å². The van der Waals surface area contributed by atoms with E-state index in [4.69, 9.17) is 24.5 Å². The average molecular weight is 327 g/mol. The number of ether oxygens (including phenoxy) is 4. The van der Waals surface area contributed by atoms with Crippen LogP contribution in [0.25, 0.3) is 10.4 Å². The number of carbonyl (C=O) groups excluding carboxylic acids is 1. The number of rotatable bonds is 8. The van der Waals surface area contributed by atoms with Gasteiger partial charge in [-0.1, -0.05) is 18.5 Å². The van der Waals surface area contributed by atoms with E-state index < -0.39 is 5.79 Å². The molecule has 5 atom stereocenters. The molecular formula is C15H25N3O5. The van der Waals surface area contributed by atoms with Gasteiger partial charge in [-0.05, 0) is 31.7 Å². The lowest BCUT2D eigenvalue weighted by molar-refractivity contribution is -0.147. The number of epoxide rings is 1. The van der Waals surface area contributed by atoms with Gasteiger partial charge in [-0.3, -0.25) is 4.79 Å². The Morgan fingerprint density at radius 3 is 2.74 bits per heavy atom. The molecule has 2 fully saturated rings. The van der Waals surface area contributed by atoms with Crippen molar-refractivity contribution in [2.75, 3.05) is 13.7 Å². The van der Waals surface area contributed by atoms with E-state index in [1.54, 1.807) is 0 Å². The monoisotopic (exact) mass is 327 g/mol. The molecule has 8 heteroatoms. The van der Waals surface area contributed by atoms with Crippen molar-refractivity contribution >= 4 is 5.97 Å². The molecule has 0 spiro atoms. The Labute approximate surface area is 136 Å². The average Bonchev–Trinajstić information content (AvgIpc) is 3.23. The van der Waals surface area contributed by atoms with Gasteiger partial charge >= 0.3 is 5.97 Å². The summed E-state index contributed by atoms with van der Waals surface area (Å²) in [6.45, 7) is 5.92. The summed E-state index contributed by atoms with van der Waals surface area (Å²) in [6.07, 6.45) is 1.36. The third-order valence-corrected chi connectivity index (χ3v) is 4.21. The van der Waals surface area contributed by atoms with Crippen molar-refractivity contribution in [3.05, 3.63) is 10.4 Å². The molecule has 130 valence electrons. The minimum atomic E-state index is -0.737. The van der Waals surface area contributed by atoms with Crippen LogP contribution in [0.2, 0.25) is 0 Å². The molecule has 8 nitrogen and oxygen atoms in total. The van der Waals surface area contributed by atoms with E-state index in [0.29, 0.717) is 6.42 Å². The second-order valence-electron chi connectivity index (χ2n) is 6.45. The maximum atomic E-state index is 11.6. The molecule has 0 aliphatic carbocycles. The predicted molar refractivity (Wildman–Crippen MR) is 81.5 cm³/mol. The molecule has 0 aromatic carbocycles. The van der Waals surface area contributed by atoms with Crippen molar-refractivity contribution in [1.29, 1.82) is 0 Å². The molecule has 0 aromatic heterocycles. The summed E-state index contributed by atoms with van der Waals surface area (Å²) in [5, 5.41) is 3.59. The third-order valence-electron chi connectivity index (χ3n) is 4.21. The number of hydrogen-bond acceptors (Lipinski definition) is 6. The first kappa shape index (κ1) is 18.0. The Balaban J connectivity index is 2.01. The van der Waals surface area contributed by atoms with Gasteiger partial charge in [0.1, 0.15) is 12.2 Å². The molecule has 0 radical (unpaired) electrons. The first-order valence-corrected chi connectivity index (χ1v) is 8.00. The second kappa shape index (κ2) is 7.49. The maximum absolute atomic E-state index is 11.6. The van der Waals surface area contributed by atoms with Gasteiger partial charge in [0.2, 0.25) is 0 Å². The number of nitrogens with zero attached hydrogens (tertiary/aromatic N) is 3. The summed E-state index contributed by atoms with van der Waals surface area (Å²) in [4.78, 5) is 14.4. The van der Waals surface area contributed by atoms with Gasteiger partial charge in [0.15, 0.2) is 5.79 Å². The Morgan fingerprint density at radius 1 is 1.39 bits per heavy atom. The fourth-order valence-corrected chi connectivity index (χ4v) is 3.23. The molecular weight excluding hydrogens is 302 g/mol. The normalized spacial score (nSPS) is 32.9. The standard InChI is InChI=1S/C15H25N3O5/c1-5-6-9(7-11(19)20-4)12-14(21-12)13-10(8-17-18-16)22-15(2,3)23-13/h9-10,12-14H,5-8H2,1-4H3. The largest absolute Gasteiger partial charge is 0.469 e. The number of methoxy groups -OCH3 is 1. The first-order valence-electron chi connectivity index (χ1n) is 8.00. The lowest BCUT2D eigenvalue weighted by atomic mass is 9.92. The van der Waals surface area contributed by atoms with Gasteiger partial charge < -0.3 is 18.9 Å². The van der Waals surface area contributed by atoms with Gasteiger partial charge in [0.05, 0.1) is 32.3 Å². The van der Waals surface area contributed by atoms with Crippen LogP contribution < -0.4 is 0 Å². The highest BCUT2D eigenvalue weighted by atomic mass is 16.8. The zero-order valence-electron chi connectivity index (χ0n) is 14.1. The highest BCUT2D eigenvalue weighted by Crippen LogP contribution is 2.43. The van der Waals surface area contributed by atoms with E-state index in [1.165, 1.54) is 7.11 Å². The summed E-state index contributed by atoms with van der Waals surface area (Å²) in [6, 6.07) is 0. The van der Waals surface area contributed by atoms with E-state index in [1.807, 2.05) is 13.8 Å². The molecule has 0 amide bonds. The Bertz CT molecular complexity index is 478. The molecule has 0 aromatic rings. The van der Waals surface area contributed by atoms with E-state index in [-0.39, 0.29) is 42.8 Å². The van der Waals surface area contributed by atoms with E-state index in [2.05, 4.69) is 16.9 Å². The molecule has 2 aliphatic rings. The topological polar surface area (TPSA) is 106 Å². The van der Waals surface area contributed by atoms with Crippen LogP contribution in [0.3, 0.4) is 0 Å². The van der Waals surface area contributed by atoms with Gasteiger partial charge in [0.25, 0.3) is 0 Å². The zero-order chi connectivity index (χ0) is 17.0. The lowest BCUT2D eigenvalue weighted by Gasteiger charge is -2.17. The lowest BCUT2D eigenvalue weighted by Crippen LogP contribution is -2.33. The van der Waals surface area contributed by atoms with Crippen molar-refractivity contribution in [2.45, 2.75) is 70.2 Å². The van der Waals surface area contributed by atoms with Crippen LogP contribution in [0.1, 0.15) is 40.0 Å². The van der Waals surface area contributed by atoms with Crippen LogP contribution in [-0.2, 0) is 23.7 Å². The highest BCUT2D eigenvalue weighted by Gasteiger charge is 2.57. The molecule has 2 rings (SSSR count). The first-order chi connectivity index (χ1) is 10.9. The fourth-order valence-electron chi connectivity index (χ4n) is 3.23. The third kappa shape index (κ3) is 4.57. The summed E-state index contributed by atoms with van der Waals surface area (Å²) in [7, 11) is 1.39. The molecule has 23 heavy (non-hydrogen) atoms. The number of hydrogen-bond donors (Lipinski definition) is 0. The van der Waals surface area contributed by atoms with Gasteiger partial charge in [-0.25, -0.2) is 0 Å². The van der Waals surface area contributed by atoms with Crippen molar-refractivity contribution in [3.8, 4) is 0 Å². The zero-order valence-corrected chi connectivity index (χ0v) is 14.1. The smallest absolute Gasteiger partial charge is 0.305 e. The van der Waals surface area contributed by atoms with E-state index >= 15 is 0 Å². The van der Waals surface area contributed by atoms with Crippen LogP contribution in [0.5, 0.6) is 0 Å². The van der Waals surface area contributed by atoms with Gasteiger partial charge in [-0.15, -0.1) is 0 Å². The van der Waals surface area contributed by atoms with Gasteiger partial charge in [-0.2, -0.15) is 0 Å². The molecule has 0 saturated carbocycles. The van der Waals surface area contributed by atoms with E-state index in [0.717, 1.165) is 12.8 Å². The number of carbonyl (C=O) groups is 1.